The van der Waals surface area contributed by atoms with Crippen LogP contribution in [0.1, 0.15) is 23.5 Å². The van der Waals surface area contributed by atoms with Gasteiger partial charge in [0, 0.05) is 17.5 Å². The van der Waals surface area contributed by atoms with Crippen LogP contribution in [0.4, 0.5) is 5.82 Å². The summed E-state index contributed by atoms with van der Waals surface area (Å²) in [6.07, 6.45) is 3.49. The average Bonchev–Trinajstić information content (AvgIpc) is 3.51. The highest BCUT2D eigenvalue weighted by Crippen LogP contribution is 2.55. The van der Waals surface area contributed by atoms with Gasteiger partial charge < -0.3 is 19.9 Å². The number of aryl methyl sites for hydroxylation is 1. The van der Waals surface area contributed by atoms with E-state index in [1.165, 1.54) is 12.3 Å². The van der Waals surface area contributed by atoms with Crippen molar-refractivity contribution in [1.82, 2.24) is 15.0 Å². The molecule has 1 fully saturated rings. The van der Waals surface area contributed by atoms with E-state index >= 15 is 0 Å². The molecule has 2 unspecified atom stereocenters. The zero-order chi connectivity index (χ0) is 22.7. The number of nitrogens with zero attached hydrogens (tertiary/aromatic N) is 3. The Labute approximate surface area is 190 Å². The van der Waals surface area contributed by atoms with Gasteiger partial charge in [-0.25, -0.2) is 15.0 Å². The molecule has 0 spiro atoms. The normalized spacial score (nSPS) is 19.4. The molecular formula is C23H23ClN4O4. The monoisotopic (exact) mass is 454 g/mol. The molecule has 9 heteroatoms. The molecular weight excluding hydrogens is 432 g/mol. The second-order valence-electron chi connectivity index (χ2n) is 7.76. The Balaban J connectivity index is 1.57. The van der Waals surface area contributed by atoms with E-state index in [0.29, 0.717) is 41.1 Å². The molecule has 32 heavy (non-hydrogen) atoms. The second-order valence-corrected chi connectivity index (χ2v) is 8.20. The molecule has 0 saturated heterocycles. The molecule has 1 aliphatic carbocycles. The van der Waals surface area contributed by atoms with Crippen LogP contribution in [0.3, 0.4) is 0 Å². The van der Waals surface area contributed by atoms with Crippen molar-refractivity contribution >= 4 is 23.3 Å². The number of halogens is 1. The maximum Gasteiger partial charge on any atom is 0.229 e. The average molecular weight is 455 g/mol. The number of hydrogen-bond donors (Lipinski definition) is 2. The van der Waals surface area contributed by atoms with E-state index in [0.717, 1.165) is 5.56 Å². The number of methoxy groups -OCH3 is 1. The van der Waals surface area contributed by atoms with Crippen LogP contribution in [0.5, 0.6) is 11.5 Å². The predicted molar refractivity (Wildman–Crippen MR) is 119 cm³/mol. The molecule has 2 heterocycles. The summed E-state index contributed by atoms with van der Waals surface area (Å²) in [5.41, 5.74) is 1.02. The van der Waals surface area contributed by atoms with Crippen LogP contribution in [-0.2, 0) is 21.6 Å². The van der Waals surface area contributed by atoms with Crippen molar-refractivity contribution in [2.75, 3.05) is 19.0 Å². The number of amides is 1. The van der Waals surface area contributed by atoms with Crippen LogP contribution in [0.25, 0.3) is 0 Å². The summed E-state index contributed by atoms with van der Waals surface area (Å²) >= 11 is 6.24. The van der Waals surface area contributed by atoms with Crippen LogP contribution in [0.15, 0.2) is 48.8 Å². The molecule has 2 aromatic heterocycles. The smallest absolute Gasteiger partial charge is 0.229 e. The van der Waals surface area contributed by atoms with Gasteiger partial charge in [0.05, 0.1) is 31.5 Å². The van der Waals surface area contributed by atoms with E-state index in [1.54, 1.807) is 32.4 Å². The van der Waals surface area contributed by atoms with Gasteiger partial charge in [-0.15, -0.1) is 0 Å². The number of aromatic hydroxyl groups is 1. The Bertz CT molecular complexity index is 1130. The second kappa shape index (κ2) is 9.10. The summed E-state index contributed by atoms with van der Waals surface area (Å²) in [5, 5.41) is 12.8. The van der Waals surface area contributed by atoms with Crippen molar-refractivity contribution in [3.63, 3.8) is 0 Å². The van der Waals surface area contributed by atoms with E-state index < -0.39 is 5.41 Å². The van der Waals surface area contributed by atoms with Crippen LogP contribution in [0, 0.1) is 12.8 Å². The number of hydrogen-bond acceptors (Lipinski definition) is 7. The van der Waals surface area contributed by atoms with Crippen LogP contribution >= 0.6 is 11.6 Å². The largest absolute Gasteiger partial charge is 0.506 e. The highest BCUT2D eigenvalue weighted by molar-refractivity contribution is 6.30. The summed E-state index contributed by atoms with van der Waals surface area (Å²) in [6, 6.07) is 10.5. The maximum atomic E-state index is 13.0. The maximum absolute atomic E-state index is 13.0. The lowest BCUT2D eigenvalue weighted by atomic mass is 9.93. The summed E-state index contributed by atoms with van der Waals surface area (Å²) in [5.74, 6) is 1.03. The number of aromatic nitrogens is 3. The summed E-state index contributed by atoms with van der Waals surface area (Å²) in [7, 11) is 1.59. The lowest BCUT2D eigenvalue weighted by molar-refractivity contribution is -0.117. The van der Waals surface area contributed by atoms with Gasteiger partial charge in [0.15, 0.2) is 5.75 Å². The number of anilines is 1. The van der Waals surface area contributed by atoms with E-state index in [2.05, 4.69) is 20.3 Å². The minimum Gasteiger partial charge on any atom is -0.506 e. The van der Waals surface area contributed by atoms with Gasteiger partial charge >= 0.3 is 0 Å². The minimum atomic E-state index is -0.554. The van der Waals surface area contributed by atoms with E-state index in [4.69, 9.17) is 21.1 Å². The molecule has 8 nitrogen and oxygen atoms in total. The summed E-state index contributed by atoms with van der Waals surface area (Å²) in [4.78, 5) is 25.7. The fraction of sp³-hybridized carbons (Fsp3) is 0.304. The predicted octanol–water partition coefficient (Wildman–Crippen LogP) is 3.66. The van der Waals surface area contributed by atoms with Crippen molar-refractivity contribution in [2.24, 2.45) is 5.92 Å². The Morgan fingerprint density at radius 3 is 2.84 bits per heavy atom. The third kappa shape index (κ3) is 4.66. The number of benzene rings is 1. The van der Waals surface area contributed by atoms with Gasteiger partial charge in [0.2, 0.25) is 5.91 Å². The Morgan fingerprint density at radius 2 is 2.12 bits per heavy atom. The van der Waals surface area contributed by atoms with Crippen molar-refractivity contribution in [3.05, 3.63) is 70.9 Å². The Hall–Kier alpha value is -3.23. The molecule has 0 radical (unpaired) electrons. The third-order valence-corrected chi connectivity index (χ3v) is 5.74. The quantitative estimate of drug-likeness (QED) is 0.534. The van der Waals surface area contributed by atoms with Crippen LogP contribution in [-0.4, -0.2) is 39.7 Å². The summed E-state index contributed by atoms with van der Waals surface area (Å²) in [6.45, 7) is 2.34. The molecule has 1 amide bonds. The molecule has 0 bridgehead atoms. The molecule has 1 saturated carbocycles. The van der Waals surface area contributed by atoms with Crippen LogP contribution in [0.2, 0.25) is 5.02 Å². The first-order valence-corrected chi connectivity index (χ1v) is 10.5. The molecule has 4 rings (SSSR count). The molecule has 2 N–H and O–H groups in total. The number of rotatable bonds is 8. The fourth-order valence-corrected chi connectivity index (χ4v) is 3.95. The van der Waals surface area contributed by atoms with Gasteiger partial charge in [-0.1, -0.05) is 23.7 Å². The molecule has 1 aromatic carbocycles. The molecule has 166 valence electrons. The van der Waals surface area contributed by atoms with Gasteiger partial charge in [0.1, 0.15) is 23.1 Å². The molecule has 2 atom stereocenters. The number of ether oxygens (including phenoxy) is 2. The standard InChI is InChI=1S/C23H23ClN4O4/c1-14-25-11-20(19(27-14)12-31-2)32-13-23(15-4-3-5-16(24)8-15)9-18(23)22(30)28-21-7-6-17(29)10-26-21/h3-8,10-11,18,29H,9,12-13H2,1-2H3,(H,26,28,30). The zero-order valence-electron chi connectivity index (χ0n) is 17.7. The first-order valence-electron chi connectivity index (χ1n) is 10.1. The lowest BCUT2D eigenvalue weighted by Crippen LogP contribution is -2.27. The third-order valence-electron chi connectivity index (χ3n) is 5.51. The SMILES string of the molecule is COCc1nc(C)ncc1OCC1(c2cccc(Cl)c2)CC1C(=O)Nc1ccc(O)cn1. The van der Waals surface area contributed by atoms with Crippen molar-refractivity contribution < 1.29 is 19.4 Å². The zero-order valence-corrected chi connectivity index (χ0v) is 18.5. The Kier molecular flexibility index (Phi) is 6.25. The number of pyridine rings is 1. The van der Waals surface area contributed by atoms with Crippen molar-refractivity contribution in [1.29, 1.82) is 0 Å². The van der Waals surface area contributed by atoms with E-state index in [9.17, 15) is 9.90 Å². The van der Waals surface area contributed by atoms with Crippen molar-refractivity contribution in [3.8, 4) is 11.5 Å². The van der Waals surface area contributed by atoms with E-state index in [1.807, 2.05) is 18.2 Å². The van der Waals surface area contributed by atoms with Gasteiger partial charge in [0.25, 0.3) is 0 Å². The topological polar surface area (TPSA) is 106 Å². The van der Waals surface area contributed by atoms with Crippen molar-refractivity contribution in [2.45, 2.75) is 25.4 Å². The van der Waals surface area contributed by atoms with E-state index in [-0.39, 0.29) is 24.2 Å². The highest BCUT2D eigenvalue weighted by atomic mass is 35.5. The summed E-state index contributed by atoms with van der Waals surface area (Å²) < 4.78 is 11.4. The molecule has 3 aromatic rings. The Morgan fingerprint density at radius 1 is 1.28 bits per heavy atom. The van der Waals surface area contributed by atoms with Gasteiger partial charge in [-0.2, -0.15) is 0 Å². The minimum absolute atomic E-state index is 0.0308. The fourth-order valence-electron chi connectivity index (χ4n) is 3.76. The molecule has 1 aliphatic rings. The number of nitrogens with one attached hydrogen (secondary N) is 1. The van der Waals surface area contributed by atoms with Gasteiger partial charge in [-0.3, -0.25) is 4.79 Å². The number of carbonyl (C=O) groups excluding carboxylic acids is 1. The highest BCUT2D eigenvalue weighted by Gasteiger charge is 2.60. The molecule has 0 aliphatic heterocycles. The first-order chi connectivity index (χ1) is 15.4. The van der Waals surface area contributed by atoms with Crippen LogP contribution < -0.4 is 10.1 Å². The lowest BCUT2D eigenvalue weighted by Gasteiger charge is -2.20. The van der Waals surface area contributed by atoms with Gasteiger partial charge in [-0.05, 0) is 43.2 Å². The first kappa shape index (κ1) is 22.0. The number of carbonyl (C=O) groups is 1.